The minimum atomic E-state index is -0.669. The van der Waals surface area contributed by atoms with Crippen LogP contribution in [0, 0.1) is 0 Å². The Hall–Kier alpha value is -2.50. The van der Waals surface area contributed by atoms with Crippen molar-refractivity contribution in [2.45, 2.75) is 6.10 Å². The number of aliphatic hydroxyl groups excluding tert-OH is 1. The van der Waals surface area contributed by atoms with Crippen molar-refractivity contribution in [3.05, 3.63) is 70.6 Å². The van der Waals surface area contributed by atoms with Crippen LogP contribution in [-0.4, -0.2) is 54.5 Å². The van der Waals surface area contributed by atoms with Crippen molar-refractivity contribution in [1.82, 2.24) is 15.5 Å². The zero-order valence-electron chi connectivity index (χ0n) is 16.9. The third-order valence-electron chi connectivity index (χ3n) is 4.97. The normalized spacial score (nSPS) is 14.4. The number of imide groups is 1. The maximum absolute atomic E-state index is 12.4. The van der Waals surface area contributed by atoms with E-state index in [1.807, 2.05) is 30.3 Å². The van der Waals surface area contributed by atoms with Gasteiger partial charge in [0.25, 0.3) is 11.8 Å². The second-order valence-electron chi connectivity index (χ2n) is 6.89. The number of hydrogen-bond donors (Lipinski definition) is 3. The number of rotatable bonds is 6. The van der Waals surface area contributed by atoms with Crippen molar-refractivity contribution >= 4 is 63.2 Å². The first kappa shape index (κ1) is 23.2. The van der Waals surface area contributed by atoms with Gasteiger partial charge in [0.2, 0.25) is 0 Å². The average molecular weight is 550 g/mol. The number of thiophene rings is 1. The molecule has 2 heterocycles. The van der Waals surface area contributed by atoms with Crippen LogP contribution >= 0.6 is 35.3 Å². The number of nitrogens with zero attached hydrogens (tertiary/aromatic N) is 2. The number of guanidine groups is 1. The Morgan fingerprint density at radius 2 is 1.71 bits per heavy atom. The van der Waals surface area contributed by atoms with E-state index in [0.717, 1.165) is 15.0 Å². The molecular weight excluding hydrogens is 527 g/mol. The fourth-order valence-corrected chi connectivity index (χ4v) is 4.46. The minimum absolute atomic E-state index is 0. The van der Waals surface area contributed by atoms with E-state index in [1.165, 1.54) is 4.90 Å². The second kappa shape index (κ2) is 10.2. The molecule has 0 bridgehead atoms. The van der Waals surface area contributed by atoms with E-state index in [2.05, 4.69) is 15.6 Å². The Morgan fingerprint density at radius 3 is 2.35 bits per heavy atom. The summed E-state index contributed by atoms with van der Waals surface area (Å²) in [6.07, 6.45) is -0.669. The molecule has 9 heteroatoms. The summed E-state index contributed by atoms with van der Waals surface area (Å²) >= 11 is 1.56. The Balaban J connectivity index is 0.00000272. The minimum Gasteiger partial charge on any atom is -0.386 e. The molecule has 4 rings (SSSR count). The van der Waals surface area contributed by atoms with Crippen LogP contribution in [0.1, 0.15) is 31.7 Å². The number of hydrogen-bond acceptors (Lipinski definition) is 5. The molecule has 1 atom stereocenters. The van der Waals surface area contributed by atoms with Gasteiger partial charge in [-0.25, -0.2) is 0 Å². The van der Waals surface area contributed by atoms with Gasteiger partial charge in [-0.3, -0.25) is 19.5 Å². The molecule has 162 valence electrons. The summed E-state index contributed by atoms with van der Waals surface area (Å²) < 4.78 is 1.13. The van der Waals surface area contributed by atoms with Crippen molar-refractivity contribution in [1.29, 1.82) is 0 Å². The number of carbonyl (C=O) groups excluding carboxylic acids is 2. The largest absolute Gasteiger partial charge is 0.386 e. The maximum Gasteiger partial charge on any atom is 0.261 e. The second-order valence-corrected chi connectivity index (χ2v) is 8.01. The van der Waals surface area contributed by atoms with Gasteiger partial charge in [-0.2, -0.15) is 0 Å². The molecular formula is C22H23IN4O3S. The van der Waals surface area contributed by atoms with Crippen LogP contribution in [0.3, 0.4) is 0 Å². The van der Waals surface area contributed by atoms with E-state index in [9.17, 15) is 14.7 Å². The SMILES string of the molecule is CN=C(NCCN1C(=O)c2ccccc2C1=O)NCC(O)c1cc2ccccc2s1.I. The van der Waals surface area contributed by atoms with Crippen molar-refractivity contribution in [3.8, 4) is 0 Å². The van der Waals surface area contributed by atoms with E-state index >= 15 is 0 Å². The standard InChI is InChI=1S/C22H22N4O3S.HI/c1-23-22(25-13-17(27)19-12-14-6-2-5-9-18(14)30-19)24-10-11-26-20(28)15-7-3-4-8-16(15)21(26)29;/h2-9,12,17,27H,10-11,13H2,1H3,(H2,23,24,25);1H. The topological polar surface area (TPSA) is 94.0 Å². The predicted molar refractivity (Wildman–Crippen MR) is 133 cm³/mol. The fourth-order valence-electron chi connectivity index (χ4n) is 3.41. The van der Waals surface area contributed by atoms with Crippen LogP contribution in [0.4, 0.5) is 0 Å². The quantitative estimate of drug-likeness (QED) is 0.190. The van der Waals surface area contributed by atoms with E-state index in [4.69, 9.17) is 0 Å². The summed E-state index contributed by atoms with van der Waals surface area (Å²) in [4.78, 5) is 31.0. The summed E-state index contributed by atoms with van der Waals surface area (Å²) in [5.41, 5.74) is 0.882. The lowest BCUT2D eigenvalue weighted by Crippen LogP contribution is -2.43. The fraction of sp³-hybridized carbons (Fsp3) is 0.227. The van der Waals surface area contributed by atoms with Crippen molar-refractivity contribution < 1.29 is 14.7 Å². The van der Waals surface area contributed by atoms with Crippen molar-refractivity contribution in [2.75, 3.05) is 26.7 Å². The smallest absolute Gasteiger partial charge is 0.261 e. The zero-order chi connectivity index (χ0) is 21.1. The highest BCUT2D eigenvalue weighted by Crippen LogP contribution is 2.29. The van der Waals surface area contributed by atoms with Crippen LogP contribution in [0.5, 0.6) is 0 Å². The number of nitrogens with one attached hydrogen (secondary N) is 2. The molecule has 3 N–H and O–H groups in total. The average Bonchev–Trinajstić information content (AvgIpc) is 3.31. The summed E-state index contributed by atoms with van der Waals surface area (Å²) in [6, 6.07) is 16.8. The van der Waals surface area contributed by atoms with Gasteiger partial charge >= 0.3 is 0 Å². The monoisotopic (exact) mass is 550 g/mol. The lowest BCUT2D eigenvalue weighted by Gasteiger charge is -2.17. The summed E-state index contributed by atoms with van der Waals surface area (Å²) in [5.74, 6) is -0.0622. The van der Waals surface area contributed by atoms with Gasteiger partial charge in [0.05, 0.1) is 11.1 Å². The molecule has 0 fully saturated rings. The molecule has 2 amide bonds. The molecule has 2 aromatic carbocycles. The molecule has 1 unspecified atom stereocenters. The molecule has 0 spiro atoms. The van der Waals surface area contributed by atoms with E-state index < -0.39 is 6.10 Å². The maximum atomic E-state index is 12.4. The van der Waals surface area contributed by atoms with Crippen LogP contribution in [0.15, 0.2) is 59.6 Å². The van der Waals surface area contributed by atoms with Gasteiger partial charge in [0.15, 0.2) is 5.96 Å². The lowest BCUT2D eigenvalue weighted by atomic mass is 10.1. The number of fused-ring (bicyclic) bond motifs is 2. The highest BCUT2D eigenvalue weighted by Gasteiger charge is 2.34. The third kappa shape index (κ3) is 4.89. The highest BCUT2D eigenvalue weighted by molar-refractivity contribution is 14.0. The zero-order valence-corrected chi connectivity index (χ0v) is 20.0. The molecule has 1 aliphatic rings. The highest BCUT2D eigenvalue weighted by atomic mass is 127. The van der Waals surface area contributed by atoms with E-state index in [0.29, 0.717) is 30.2 Å². The molecule has 7 nitrogen and oxygen atoms in total. The number of aliphatic hydroxyl groups is 1. The Kier molecular flexibility index (Phi) is 7.63. The lowest BCUT2D eigenvalue weighted by molar-refractivity contribution is 0.0657. The first-order valence-corrected chi connectivity index (χ1v) is 10.5. The molecule has 0 aliphatic carbocycles. The Bertz CT molecular complexity index is 1060. The van der Waals surface area contributed by atoms with Gasteiger partial charge < -0.3 is 15.7 Å². The van der Waals surface area contributed by atoms with E-state index in [1.54, 1.807) is 42.6 Å². The molecule has 31 heavy (non-hydrogen) atoms. The Morgan fingerprint density at radius 1 is 1.06 bits per heavy atom. The predicted octanol–water partition coefficient (Wildman–Crippen LogP) is 3.01. The Labute approximate surface area is 201 Å². The third-order valence-corrected chi connectivity index (χ3v) is 6.18. The molecule has 0 saturated carbocycles. The molecule has 1 aromatic heterocycles. The number of halogens is 1. The van der Waals surface area contributed by atoms with Gasteiger partial charge in [0.1, 0.15) is 6.10 Å². The first-order valence-electron chi connectivity index (χ1n) is 9.65. The van der Waals surface area contributed by atoms with Crippen LogP contribution in [0.25, 0.3) is 10.1 Å². The molecule has 0 radical (unpaired) electrons. The van der Waals surface area contributed by atoms with Gasteiger partial charge in [-0.1, -0.05) is 30.3 Å². The van der Waals surface area contributed by atoms with Gasteiger partial charge in [0, 0.05) is 36.3 Å². The number of benzene rings is 2. The summed E-state index contributed by atoms with van der Waals surface area (Å²) in [5, 5.41) is 17.8. The number of aliphatic imine (C=N–C) groups is 1. The van der Waals surface area contributed by atoms with Crippen LogP contribution < -0.4 is 10.6 Å². The number of carbonyl (C=O) groups is 2. The van der Waals surface area contributed by atoms with Crippen molar-refractivity contribution in [2.24, 2.45) is 4.99 Å². The van der Waals surface area contributed by atoms with Crippen LogP contribution in [-0.2, 0) is 0 Å². The molecule has 3 aromatic rings. The summed E-state index contributed by atoms with van der Waals surface area (Å²) in [6.45, 7) is 0.871. The number of amides is 2. The first-order chi connectivity index (χ1) is 14.6. The van der Waals surface area contributed by atoms with Gasteiger partial charge in [-0.15, -0.1) is 35.3 Å². The van der Waals surface area contributed by atoms with Crippen molar-refractivity contribution in [3.63, 3.8) is 0 Å². The van der Waals surface area contributed by atoms with Gasteiger partial charge in [-0.05, 0) is 29.7 Å². The molecule has 0 saturated heterocycles. The summed E-state index contributed by atoms with van der Waals surface area (Å²) in [7, 11) is 1.63. The van der Waals surface area contributed by atoms with E-state index in [-0.39, 0.29) is 42.3 Å². The molecule has 1 aliphatic heterocycles. The van der Waals surface area contributed by atoms with Crippen LogP contribution in [0.2, 0.25) is 0 Å².